The normalized spacial score (nSPS) is 12.6. The minimum Gasteiger partial charge on any atom is -0.288 e. The summed E-state index contributed by atoms with van der Waals surface area (Å²) in [6.07, 6.45) is 0. The molecule has 0 atom stereocenters. The number of thiophene rings is 1. The van der Waals surface area contributed by atoms with Crippen LogP contribution in [0.2, 0.25) is 0 Å². The zero-order valence-electron chi connectivity index (χ0n) is 12.1. The quantitative estimate of drug-likeness (QED) is 0.348. The number of ketones is 1. The van der Waals surface area contributed by atoms with Gasteiger partial charge in [-0.3, -0.25) is 25.0 Å². The second-order valence-electron chi connectivity index (χ2n) is 4.94. The Balaban J connectivity index is 2.50. The largest absolute Gasteiger partial charge is 0.347 e. The molecule has 0 unspecified atom stereocenters. The Labute approximate surface area is 142 Å². The van der Waals surface area contributed by atoms with Gasteiger partial charge in [0.2, 0.25) is 5.78 Å². The van der Waals surface area contributed by atoms with Crippen LogP contribution in [-0.2, 0) is 0 Å². The first-order valence-electron chi connectivity index (χ1n) is 6.50. The summed E-state index contributed by atoms with van der Waals surface area (Å²) in [4.78, 5) is 32.9. The molecule has 1 aliphatic carbocycles. The number of allylic oxidation sites excluding steroid dienone is 3. The number of hydrogen-bond acceptors (Lipinski definition) is 8. The van der Waals surface area contributed by atoms with Gasteiger partial charge in [0.15, 0.2) is 0 Å². The van der Waals surface area contributed by atoms with Crippen LogP contribution >= 0.6 is 11.3 Å². The summed E-state index contributed by atoms with van der Waals surface area (Å²) in [5, 5.41) is 40.6. The van der Waals surface area contributed by atoms with Crippen molar-refractivity contribution in [1.82, 2.24) is 0 Å². The van der Waals surface area contributed by atoms with E-state index in [2.05, 4.69) is 6.58 Å². The molecule has 0 amide bonds. The lowest BCUT2D eigenvalue weighted by Crippen LogP contribution is -1.96. The summed E-state index contributed by atoms with van der Waals surface area (Å²) in [7, 11) is 0. The van der Waals surface area contributed by atoms with E-state index in [1.807, 2.05) is 0 Å². The van der Waals surface area contributed by atoms with Gasteiger partial charge in [-0.2, -0.15) is 10.5 Å². The molecule has 0 saturated carbocycles. The zero-order valence-corrected chi connectivity index (χ0v) is 12.9. The number of hydrogen-bond donors (Lipinski definition) is 0. The number of benzene rings is 1. The van der Waals surface area contributed by atoms with Gasteiger partial charge < -0.3 is 0 Å². The molecule has 10 heteroatoms. The van der Waals surface area contributed by atoms with Gasteiger partial charge in [-0.25, -0.2) is 0 Å². The molecule has 1 aromatic carbocycles. The van der Waals surface area contributed by atoms with Crippen LogP contribution in [0.5, 0.6) is 0 Å². The van der Waals surface area contributed by atoms with Crippen molar-refractivity contribution in [2.24, 2.45) is 0 Å². The van der Waals surface area contributed by atoms with E-state index in [9.17, 15) is 25.0 Å². The monoisotopic (exact) mass is 352 g/mol. The first-order chi connectivity index (χ1) is 11.8. The van der Waals surface area contributed by atoms with Crippen molar-refractivity contribution in [1.29, 1.82) is 10.5 Å². The maximum atomic E-state index is 12.3. The summed E-state index contributed by atoms with van der Waals surface area (Å²) in [5.41, 5.74) is -1.64. The molecule has 0 fully saturated rings. The van der Waals surface area contributed by atoms with Crippen LogP contribution in [0.25, 0.3) is 15.7 Å². The Bertz CT molecular complexity index is 1140. The molecule has 0 spiro atoms. The highest BCUT2D eigenvalue weighted by molar-refractivity contribution is 7.21. The van der Waals surface area contributed by atoms with Crippen molar-refractivity contribution in [3.8, 4) is 12.1 Å². The molecule has 0 radical (unpaired) electrons. The SMILES string of the molecule is C=C1C(=O)c2sc3cc([N+](=O)[O-])c([N+](=O)[O-])cc3c2C1=C(C#N)C#N. The molecule has 0 saturated heterocycles. The second kappa shape index (κ2) is 5.33. The molecule has 120 valence electrons. The molecular formula is C15H4N4O5S. The van der Waals surface area contributed by atoms with E-state index in [4.69, 9.17) is 10.5 Å². The van der Waals surface area contributed by atoms with E-state index < -0.39 is 27.0 Å². The molecule has 0 bridgehead atoms. The highest BCUT2D eigenvalue weighted by Crippen LogP contribution is 2.48. The van der Waals surface area contributed by atoms with E-state index >= 15 is 0 Å². The Kier molecular flexibility index (Phi) is 3.41. The van der Waals surface area contributed by atoms with Gasteiger partial charge in [0.1, 0.15) is 17.7 Å². The average Bonchev–Trinajstić information content (AvgIpc) is 3.05. The summed E-state index contributed by atoms with van der Waals surface area (Å²) >= 11 is 0.902. The molecule has 9 nitrogen and oxygen atoms in total. The number of fused-ring (bicyclic) bond motifs is 3. The smallest absolute Gasteiger partial charge is 0.288 e. The summed E-state index contributed by atoms with van der Waals surface area (Å²) in [6, 6.07) is 5.35. The van der Waals surface area contributed by atoms with Gasteiger partial charge in [-0.15, -0.1) is 11.3 Å². The van der Waals surface area contributed by atoms with Crippen LogP contribution < -0.4 is 0 Å². The van der Waals surface area contributed by atoms with Crippen molar-refractivity contribution < 1.29 is 14.6 Å². The van der Waals surface area contributed by atoms with Gasteiger partial charge in [0.25, 0.3) is 0 Å². The van der Waals surface area contributed by atoms with E-state index in [1.165, 1.54) is 0 Å². The number of nitro benzene ring substituents is 2. The standard InChI is InChI=1S/C15H4N4O5S/c1-6-12(7(4-16)5-17)13-8-2-9(18(21)22)10(19(23)24)3-11(8)25-15(13)14(6)20/h2-3H,1H2. The van der Waals surface area contributed by atoms with Crippen LogP contribution in [0, 0.1) is 42.9 Å². The number of carbonyl (C=O) groups excluding carboxylic acids is 1. The van der Waals surface area contributed by atoms with E-state index in [0.29, 0.717) is 0 Å². The van der Waals surface area contributed by atoms with Crippen LogP contribution in [0.3, 0.4) is 0 Å². The van der Waals surface area contributed by atoms with Gasteiger partial charge in [-0.1, -0.05) is 6.58 Å². The van der Waals surface area contributed by atoms with E-state index in [0.717, 1.165) is 23.5 Å². The lowest BCUT2D eigenvalue weighted by Gasteiger charge is -2.01. The first-order valence-corrected chi connectivity index (χ1v) is 7.31. The predicted molar refractivity (Wildman–Crippen MR) is 86.8 cm³/mol. The topological polar surface area (TPSA) is 151 Å². The molecule has 1 heterocycles. The molecular weight excluding hydrogens is 348 g/mol. The summed E-state index contributed by atoms with van der Waals surface area (Å²) in [6.45, 7) is 3.59. The maximum absolute atomic E-state index is 12.3. The van der Waals surface area contributed by atoms with Gasteiger partial charge in [-0.05, 0) is 0 Å². The van der Waals surface area contributed by atoms with Crippen LogP contribution in [0.4, 0.5) is 11.4 Å². The van der Waals surface area contributed by atoms with Crippen LogP contribution in [0.15, 0.2) is 29.9 Å². The molecule has 2 aromatic rings. The molecule has 3 rings (SSSR count). The fourth-order valence-corrected chi connectivity index (χ4v) is 3.83. The highest BCUT2D eigenvalue weighted by atomic mass is 32.1. The second-order valence-corrected chi connectivity index (χ2v) is 5.99. The number of nitriles is 2. The van der Waals surface area contributed by atoms with Crippen molar-refractivity contribution >= 4 is 44.2 Å². The highest BCUT2D eigenvalue weighted by Gasteiger charge is 2.37. The number of nitrogens with zero attached hydrogens (tertiary/aromatic N) is 4. The summed E-state index contributed by atoms with van der Waals surface area (Å²) < 4.78 is 0.274. The van der Waals surface area contributed by atoms with Crippen molar-refractivity contribution in [3.63, 3.8) is 0 Å². The zero-order chi connectivity index (χ0) is 18.5. The third-order valence-electron chi connectivity index (χ3n) is 3.68. The van der Waals surface area contributed by atoms with Gasteiger partial charge in [0, 0.05) is 38.9 Å². The van der Waals surface area contributed by atoms with Crippen molar-refractivity contribution in [2.75, 3.05) is 0 Å². The molecule has 0 N–H and O–H groups in total. The minimum atomic E-state index is -0.897. The lowest BCUT2D eigenvalue weighted by atomic mass is 9.98. The Morgan fingerprint density at radius 1 is 1.12 bits per heavy atom. The number of carbonyl (C=O) groups is 1. The fourth-order valence-electron chi connectivity index (χ4n) is 2.64. The van der Waals surface area contributed by atoms with Crippen LogP contribution in [0.1, 0.15) is 15.2 Å². The third-order valence-corrected chi connectivity index (χ3v) is 4.84. The minimum absolute atomic E-state index is 0.0133. The molecule has 25 heavy (non-hydrogen) atoms. The number of nitro groups is 2. The molecule has 0 aliphatic heterocycles. The number of rotatable bonds is 2. The Morgan fingerprint density at radius 2 is 1.68 bits per heavy atom. The Morgan fingerprint density at radius 3 is 2.20 bits per heavy atom. The van der Waals surface area contributed by atoms with Crippen molar-refractivity contribution in [3.05, 3.63) is 60.5 Å². The predicted octanol–water partition coefficient (Wildman–Crippen LogP) is 3.27. The van der Waals surface area contributed by atoms with Gasteiger partial charge >= 0.3 is 11.4 Å². The Hall–Kier alpha value is -3.89. The van der Waals surface area contributed by atoms with Gasteiger partial charge in [0.05, 0.1) is 14.7 Å². The summed E-state index contributed by atoms with van der Waals surface area (Å²) in [5.74, 6) is -0.514. The number of Topliss-reactive ketones (excluding diaryl/α,β-unsaturated/α-hetero) is 1. The third kappa shape index (κ3) is 2.09. The molecule has 1 aliphatic rings. The maximum Gasteiger partial charge on any atom is 0.347 e. The lowest BCUT2D eigenvalue weighted by molar-refractivity contribution is -0.422. The van der Waals surface area contributed by atoms with Crippen LogP contribution in [-0.4, -0.2) is 15.6 Å². The van der Waals surface area contributed by atoms with E-state index in [1.54, 1.807) is 12.1 Å². The van der Waals surface area contributed by atoms with E-state index in [-0.39, 0.29) is 37.2 Å². The first kappa shape index (κ1) is 16.0. The fraction of sp³-hybridized carbons (Fsp3) is 0. The average molecular weight is 352 g/mol. The molecule has 1 aromatic heterocycles. The van der Waals surface area contributed by atoms with Crippen molar-refractivity contribution in [2.45, 2.75) is 0 Å².